The molecule has 1 saturated carbocycles. The van der Waals surface area contributed by atoms with Gasteiger partial charge in [0.05, 0.1) is 18.0 Å². The maximum absolute atomic E-state index is 11.6. The number of carbonyl (C=O) groups is 1. The summed E-state index contributed by atoms with van der Waals surface area (Å²) in [6.45, 7) is 2.35. The summed E-state index contributed by atoms with van der Waals surface area (Å²) in [5, 5.41) is 11.2. The Labute approximate surface area is 139 Å². The van der Waals surface area contributed by atoms with Crippen LogP contribution in [0.4, 0.5) is 11.5 Å². The zero-order chi connectivity index (χ0) is 16.8. The van der Waals surface area contributed by atoms with Crippen molar-refractivity contribution in [1.29, 1.82) is 0 Å². The topological polar surface area (TPSA) is 98.5 Å². The number of carbonyl (C=O) groups excluding carboxylic acids is 1. The molecule has 0 radical (unpaired) electrons. The summed E-state index contributed by atoms with van der Waals surface area (Å²) in [6.07, 6.45) is 5.16. The van der Waals surface area contributed by atoms with Gasteiger partial charge in [-0.1, -0.05) is 12.8 Å². The van der Waals surface area contributed by atoms with Crippen LogP contribution in [-0.4, -0.2) is 40.1 Å². The first-order valence-electron chi connectivity index (χ1n) is 7.62. The van der Waals surface area contributed by atoms with Crippen LogP contribution in [0.2, 0.25) is 5.28 Å². The minimum Gasteiger partial charge on any atom is -0.466 e. The summed E-state index contributed by atoms with van der Waals surface area (Å²) in [7, 11) is 0. The molecule has 1 heterocycles. The highest BCUT2D eigenvalue weighted by atomic mass is 35.5. The fourth-order valence-electron chi connectivity index (χ4n) is 2.81. The zero-order valence-electron chi connectivity index (χ0n) is 12.9. The van der Waals surface area contributed by atoms with Crippen LogP contribution in [0.1, 0.15) is 39.0 Å². The maximum atomic E-state index is 11.6. The molecule has 8 nitrogen and oxygen atoms in total. The van der Waals surface area contributed by atoms with Gasteiger partial charge >= 0.3 is 11.7 Å². The SMILES string of the molecule is CCOC(=O)CCN(c1nc(Cl)ncc1[N+](=O)[O-])C1CCCC1. The van der Waals surface area contributed by atoms with Crippen molar-refractivity contribution >= 4 is 29.1 Å². The highest BCUT2D eigenvalue weighted by Gasteiger charge is 2.30. The third-order valence-electron chi connectivity index (χ3n) is 3.82. The van der Waals surface area contributed by atoms with Crippen LogP contribution in [0.5, 0.6) is 0 Å². The van der Waals surface area contributed by atoms with Crippen molar-refractivity contribution in [2.75, 3.05) is 18.1 Å². The standard InChI is InChI=1S/C14H19ClN4O4/c1-2-23-12(20)7-8-18(10-5-3-4-6-10)13-11(19(21)22)9-16-14(15)17-13/h9-10H,2-8H2,1H3. The van der Waals surface area contributed by atoms with Crippen LogP contribution in [0.25, 0.3) is 0 Å². The van der Waals surface area contributed by atoms with Crippen LogP contribution in [0.15, 0.2) is 6.20 Å². The van der Waals surface area contributed by atoms with Gasteiger partial charge in [0.2, 0.25) is 11.1 Å². The van der Waals surface area contributed by atoms with Crippen LogP contribution in [-0.2, 0) is 9.53 Å². The molecule has 1 aromatic rings. The molecule has 126 valence electrons. The number of hydrogen-bond donors (Lipinski definition) is 0. The summed E-state index contributed by atoms with van der Waals surface area (Å²) < 4.78 is 4.93. The normalized spacial score (nSPS) is 14.7. The third-order valence-corrected chi connectivity index (χ3v) is 4.00. The number of nitrogens with zero attached hydrogens (tertiary/aromatic N) is 4. The second-order valence-electron chi connectivity index (χ2n) is 5.29. The molecule has 0 unspecified atom stereocenters. The summed E-state index contributed by atoms with van der Waals surface area (Å²) in [6, 6.07) is 0.106. The number of halogens is 1. The molecule has 0 aromatic carbocycles. The smallest absolute Gasteiger partial charge is 0.329 e. The molecule has 0 saturated heterocycles. The lowest BCUT2D eigenvalue weighted by Gasteiger charge is -2.29. The Kier molecular flexibility index (Phi) is 6.09. The van der Waals surface area contributed by atoms with Crippen molar-refractivity contribution in [3.05, 3.63) is 21.6 Å². The highest BCUT2D eigenvalue weighted by molar-refractivity contribution is 6.28. The Bertz CT molecular complexity index is 578. The molecule has 0 N–H and O–H groups in total. The van der Waals surface area contributed by atoms with E-state index in [1.54, 1.807) is 11.8 Å². The lowest BCUT2D eigenvalue weighted by atomic mass is 10.2. The number of anilines is 1. The van der Waals surface area contributed by atoms with E-state index in [0.717, 1.165) is 31.9 Å². The Morgan fingerprint density at radius 1 is 1.52 bits per heavy atom. The van der Waals surface area contributed by atoms with E-state index in [4.69, 9.17) is 16.3 Å². The van der Waals surface area contributed by atoms with Crippen LogP contribution >= 0.6 is 11.6 Å². The molecule has 0 bridgehead atoms. The van der Waals surface area contributed by atoms with E-state index in [-0.39, 0.29) is 35.2 Å². The molecule has 1 aliphatic rings. The number of ether oxygens (including phenoxy) is 1. The lowest BCUT2D eigenvalue weighted by molar-refractivity contribution is -0.384. The minimum absolute atomic E-state index is 0.0512. The van der Waals surface area contributed by atoms with Crippen LogP contribution in [0, 0.1) is 10.1 Å². The molecule has 0 aliphatic heterocycles. The predicted octanol–water partition coefficient (Wildman–Crippen LogP) is 2.74. The van der Waals surface area contributed by atoms with Crippen LogP contribution < -0.4 is 4.90 Å². The fraction of sp³-hybridized carbons (Fsp3) is 0.643. The van der Waals surface area contributed by atoms with Gasteiger partial charge in [0.1, 0.15) is 6.20 Å². The Morgan fingerprint density at radius 2 is 2.22 bits per heavy atom. The van der Waals surface area contributed by atoms with Gasteiger partial charge in [-0.05, 0) is 31.4 Å². The maximum Gasteiger partial charge on any atom is 0.329 e. The molecule has 2 rings (SSSR count). The van der Waals surface area contributed by atoms with Gasteiger partial charge in [-0.2, -0.15) is 4.98 Å². The van der Waals surface area contributed by atoms with E-state index >= 15 is 0 Å². The van der Waals surface area contributed by atoms with E-state index in [2.05, 4.69) is 9.97 Å². The van der Waals surface area contributed by atoms with E-state index in [1.165, 1.54) is 0 Å². The first kappa shape index (κ1) is 17.4. The molecule has 0 atom stereocenters. The first-order valence-corrected chi connectivity index (χ1v) is 8.00. The average Bonchev–Trinajstić information content (AvgIpc) is 3.01. The molecular formula is C14H19ClN4O4. The quantitative estimate of drug-likeness (QED) is 0.325. The van der Waals surface area contributed by atoms with Crippen molar-refractivity contribution < 1.29 is 14.5 Å². The molecule has 0 amide bonds. The third kappa shape index (κ3) is 4.51. The molecule has 1 fully saturated rings. The molecule has 1 aliphatic carbocycles. The van der Waals surface area contributed by atoms with Gasteiger partial charge in [0.25, 0.3) is 0 Å². The van der Waals surface area contributed by atoms with Gasteiger partial charge in [-0.15, -0.1) is 0 Å². The highest BCUT2D eigenvalue weighted by Crippen LogP contribution is 2.33. The summed E-state index contributed by atoms with van der Waals surface area (Å²) >= 11 is 5.82. The van der Waals surface area contributed by atoms with Crippen molar-refractivity contribution in [3.63, 3.8) is 0 Å². The van der Waals surface area contributed by atoms with Gasteiger partial charge in [-0.3, -0.25) is 14.9 Å². The Balaban J connectivity index is 2.27. The van der Waals surface area contributed by atoms with Crippen molar-refractivity contribution in [2.45, 2.75) is 45.1 Å². The Hall–Kier alpha value is -1.96. The first-order chi connectivity index (χ1) is 11.0. The number of aromatic nitrogens is 2. The number of hydrogen-bond acceptors (Lipinski definition) is 7. The summed E-state index contributed by atoms with van der Waals surface area (Å²) in [5.41, 5.74) is -0.204. The molecular weight excluding hydrogens is 324 g/mol. The van der Waals surface area contributed by atoms with Gasteiger partial charge in [0, 0.05) is 12.6 Å². The van der Waals surface area contributed by atoms with Gasteiger partial charge < -0.3 is 9.64 Å². The van der Waals surface area contributed by atoms with Crippen molar-refractivity contribution in [2.24, 2.45) is 0 Å². The lowest BCUT2D eigenvalue weighted by Crippen LogP contribution is -2.36. The van der Waals surface area contributed by atoms with E-state index < -0.39 is 4.92 Å². The minimum atomic E-state index is -0.530. The number of esters is 1. The van der Waals surface area contributed by atoms with E-state index in [9.17, 15) is 14.9 Å². The van der Waals surface area contributed by atoms with E-state index in [0.29, 0.717) is 13.2 Å². The number of nitro groups is 1. The Morgan fingerprint density at radius 3 is 2.83 bits per heavy atom. The second-order valence-corrected chi connectivity index (χ2v) is 5.63. The summed E-state index contributed by atoms with van der Waals surface area (Å²) in [4.78, 5) is 31.9. The number of rotatable bonds is 7. The molecule has 23 heavy (non-hydrogen) atoms. The van der Waals surface area contributed by atoms with Gasteiger partial charge in [-0.25, -0.2) is 4.98 Å². The average molecular weight is 343 g/mol. The van der Waals surface area contributed by atoms with E-state index in [1.807, 2.05) is 0 Å². The van der Waals surface area contributed by atoms with Gasteiger partial charge in [0.15, 0.2) is 0 Å². The molecule has 0 spiro atoms. The van der Waals surface area contributed by atoms with Crippen molar-refractivity contribution in [3.8, 4) is 0 Å². The largest absolute Gasteiger partial charge is 0.466 e. The van der Waals surface area contributed by atoms with Crippen molar-refractivity contribution in [1.82, 2.24) is 9.97 Å². The molecule has 1 aromatic heterocycles. The second kappa shape index (κ2) is 8.05. The van der Waals surface area contributed by atoms with Crippen LogP contribution in [0.3, 0.4) is 0 Å². The molecule has 9 heteroatoms. The zero-order valence-corrected chi connectivity index (χ0v) is 13.7. The monoisotopic (exact) mass is 342 g/mol. The predicted molar refractivity (Wildman–Crippen MR) is 84.5 cm³/mol. The summed E-state index contributed by atoms with van der Waals surface area (Å²) in [5.74, 6) is -0.162. The fourth-order valence-corrected chi connectivity index (χ4v) is 2.94.